The maximum absolute atomic E-state index is 14.1. The molecule has 2 aliphatic heterocycles. The van der Waals surface area contributed by atoms with Gasteiger partial charge in [0.15, 0.2) is 0 Å². The molecular formula is C31H40N4O6. The summed E-state index contributed by atoms with van der Waals surface area (Å²) in [5.41, 5.74) is 2.49. The lowest BCUT2D eigenvalue weighted by atomic mass is 9.84. The van der Waals surface area contributed by atoms with Gasteiger partial charge in [-0.15, -0.1) is 0 Å². The zero-order chi connectivity index (χ0) is 28.8. The van der Waals surface area contributed by atoms with E-state index in [2.05, 4.69) is 4.90 Å². The SMILES string of the molecule is COc1ccc(C2=NN(C(=O)CN(CCN3CCOCC3)C(=O)C3CCC3)C(c3cc(OC)ccc3OC)C2)cc1. The molecule has 0 N–H and O–H groups in total. The highest BCUT2D eigenvalue weighted by Crippen LogP contribution is 2.39. The average molecular weight is 565 g/mol. The number of amides is 2. The molecule has 2 aromatic rings. The molecule has 0 aromatic heterocycles. The molecule has 220 valence electrons. The Bertz CT molecular complexity index is 1240. The maximum atomic E-state index is 14.1. The van der Waals surface area contributed by atoms with Crippen molar-refractivity contribution in [1.29, 1.82) is 0 Å². The van der Waals surface area contributed by atoms with Gasteiger partial charge in [-0.3, -0.25) is 14.5 Å². The van der Waals surface area contributed by atoms with E-state index < -0.39 is 6.04 Å². The van der Waals surface area contributed by atoms with Crippen LogP contribution in [0.15, 0.2) is 47.6 Å². The lowest BCUT2D eigenvalue weighted by Crippen LogP contribution is -2.49. The van der Waals surface area contributed by atoms with Gasteiger partial charge in [-0.1, -0.05) is 6.42 Å². The Hall–Kier alpha value is -3.63. The van der Waals surface area contributed by atoms with E-state index in [4.69, 9.17) is 24.0 Å². The molecule has 1 aliphatic carbocycles. The number of nitrogens with zero attached hydrogens (tertiary/aromatic N) is 4. The number of carbonyl (C=O) groups excluding carboxylic acids is 2. The van der Waals surface area contributed by atoms with Crippen LogP contribution in [0.1, 0.15) is 42.9 Å². The second-order valence-corrected chi connectivity index (χ2v) is 10.7. The van der Waals surface area contributed by atoms with Gasteiger partial charge in [0.05, 0.1) is 46.3 Å². The number of ether oxygens (including phenoxy) is 4. The number of morpholine rings is 1. The van der Waals surface area contributed by atoms with Crippen molar-refractivity contribution in [3.8, 4) is 17.2 Å². The van der Waals surface area contributed by atoms with Crippen LogP contribution in [0.3, 0.4) is 0 Å². The normalized spacial score (nSPS) is 19.3. The van der Waals surface area contributed by atoms with Gasteiger partial charge < -0.3 is 23.8 Å². The minimum absolute atomic E-state index is 0.00120. The third-order valence-corrected chi connectivity index (χ3v) is 8.27. The van der Waals surface area contributed by atoms with E-state index in [1.54, 1.807) is 26.2 Å². The Kier molecular flexibility index (Phi) is 9.41. The first kappa shape index (κ1) is 28.9. The molecule has 0 spiro atoms. The zero-order valence-electron chi connectivity index (χ0n) is 24.2. The number of hydrogen-bond acceptors (Lipinski definition) is 8. The first-order chi connectivity index (χ1) is 20.0. The van der Waals surface area contributed by atoms with E-state index in [0.29, 0.717) is 44.2 Å². The van der Waals surface area contributed by atoms with Crippen LogP contribution in [0, 0.1) is 5.92 Å². The van der Waals surface area contributed by atoms with Crippen LogP contribution < -0.4 is 14.2 Å². The van der Waals surface area contributed by atoms with E-state index in [0.717, 1.165) is 54.9 Å². The van der Waals surface area contributed by atoms with Gasteiger partial charge in [-0.05, 0) is 60.9 Å². The van der Waals surface area contributed by atoms with Crippen molar-refractivity contribution >= 4 is 17.5 Å². The maximum Gasteiger partial charge on any atom is 0.262 e. The standard InChI is InChI=1S/C31H40N4O6/c1-38-24-9-7-22(8-10-24)27-20-28(26-19-25(39-2)11-12-29(26)40-3)35(32-27)30(36)21-34(31(37)23-5-4-6-23)14-13-33-15-17-41-18-16-33/h7-12,19,23,28H,4-6,13-18,20-21H2,1-3H3. The molecule has 1 saturated carbocycles. The van der Waals surface area contributed by atoms with Gasteiger partial charge in [0, 0.05) is 44.1 Å². The van der Waals surface area contributed by atoms with Gasteiger partial charge in [0.1, 0.15) is 23.8 Å². The van der Waals surface area contributed by atoms with Crippen LogP contribution in [0.25, 0.3) is 0 Å². The number of hydrazone groups is 1. The molecule has 0 radical (unpaired) electrons. The average Bonchev–Trinajstić information content (AvgIpc) is 3.44. The van der Waals surface area contributed by atoms with Gasteiger partial charge in [0.2, 0.25) is 5.91 Å². The topological polar surface area (TPSA) is 93.1 Å². The van der Waals surface area contributed by atoms with Crippen LogP contribution in [-0.4, -0.2) is 99.6 Å². The second-order valence-electron chi connectivity index (χ2n) is 10.7. The predicted molar refractivity (Wildman–Crippen MR) is 154 cm³/mol. The summed E-state index contributed by atoms with van der Waals surface area (Å²) in [6, 6.07) is 12.8. The summed E-state index contributed by atoms with van der Waals surface area (Å²) >= 11 is 0. The monoisotopic (exact) mass is 564 g/mol. The largest absolute Gasteiger partial charge is 0.497 e. The van der Waals surface area contributed by atoms with Gasteiger partial charge in [-0.25, -0.2) is 5.01 Å². The Morgan fingerprint density at radius 2 is 1.68 bits per heavy atom. The molecule has 10 nitrogen and oxygen atoms in total. The molecule has 3 aliphatic rings. The van der Waals surface area contributed by atoms with Crippen molar-refractivity contribution in [2.24, 2.45) is 11.0 Å². The summed E-state index contributed by atoms with van der Waals surface area (Å²) in [6.45, 7) is 4.23. The first-order valence-electron chi connectivity index (χ1n) is 14.4. The fraction of sp³-hybridized carbons (Fsp3) is 0.516. The van der Waals surface area contributed by atoms with Gasteiger partial charge >= 0.3 is 0 Å². The van der Waals surface area contributed by atoms with Crippen molar-refractivity contribution in [3.63, 3.8) is 0 Å². The quantitative estimate of drug-likeness (QED) is 0.413. The second kappa shape index (κ2) is 13.4. The summed E-state index contributed by atoms with van der Waals surface area (Å²) < 4.78 is 22.0. The fourth-order valence-electron chi connectivity index (χ4n) is 5.54. The molecule has 2 aromatic carbocycles. The van der Waals surface area contributed by atoms with E-state index in [-0.39, 0.29) is 24.3 Å². The Morgan fingerprint density at radius 1 is 0.976 bits per heavy atom. The third kappa shape index (κ3) is 6.65. The van der Waals surface area contributed by atoms with Crippen LogP contribution in [-0.2, 0) is 14.3 Å². The Balaban J connectivity index is 1.42. The number of carbonyl (C=O) groups is 2. The van der Waals surface area contributed by atoms with Crippen LogP contribution >= 0.6 is 0 Å². The molecule has 0 bridgehead atoms. The highest BCUT2D eigenvalue weighted by atomic mass is 16.5. The Labute approximate surface area is 241 Å². The minimum Gasteiger partial charge on any atom is -0.497 e. The third-order valence-electron chi connectivity index (χ3n) is 8.27. The summed E-state index contributed by atoms with van der Waals surface area (Å²) in [5.74, 6) is 1.90. The number of methoxy groups -OCH3 is 3. The molecule has 1 atom stereocenters. The summed E-state index contributed by atoms with van der Waals surface area (Å²) in [6.07, 6.45) is 3.31. The van der Waals surface area contributed by atoms with Crippen LogP contribution in [0.2, 0.25) is 0 Å². The highest BCUT2D eigenvalue weighted by Gasteiger charge is 2.37. The number of hydrogen-bond donors (Lipinski definition) is 0. The van der Waals surface area contributed by atoms with Gasteiger partial charge in [0.25, 0.3) is 5.91 Å². The van der Waals surface area contributed by atoms with Crippen LogP contribution in [0.5, 0.6) is 17.2 Å². The Morgan fingerprint density at radius 3 is 2.32 bits per heavy atom. The molecular weight excluding hydrogens is 524 g/mol. The van der Waals surface area contributed by atoms with E-state index in [1.165, 1.54) is 5.01 Å². The van der Waals surface area contributed by atoms with Crippen molar-refractivity contribution in [2.75, 3.05) is 67.3 Å². The molecule has 1 unspecified atom stereocenters. The summed E-state index contributed by atoms with van der Waals surface area (Å²) in [4.78, 5) is 31.5. The smallest absolute Gasteiger partial charge is 0.262 e. The molecule has 2 fully saturated rings. The van der Waals surface area contributed by atoms with Crippen molar-refractivity contribution in [1.82, 2.24) is 14.8 Å². The molecule has 2 amide bonds. The molecule has 1 saturated heterocycles. The number of rotatable bonds is 11. The molecule has 10 heteroatoms. The van der Waals surface area contributed by atoms with E-state index in [9.17, 15) is 9.59 Å². The van der Waals surface area contributed by atoms with Crippen molar-refractivity contribution in [2.45, 2.75) is 31.7 Å². The fourth-order valence-corrected chi connectivity index (χ4v) is 5.54. The highest BCUT2D eigenvalue weighted by molar-refractivity contribution is 6.03. The van der Waals surface area contributed by atoms with Crippen molar-refractivity contribution < 1.29 is 28.5 Å². The van der Waals surface area contributed by atoms with Crippen LogP contribution in [0.4, 0.5) is 0 Å². The van der Waals surface area contributed by atoms with E-state index in [1.807, 2.05) is 42.5 Å². The van der Waals surface area contributed by atoms with E-state index >= 15 is 0 Å². The first-order valence-corrected chi connectivity index (χ1v) is 14.4. The summed E-state index contributed by atoms with van der Waals surface area (Å²) in [5, 5.41) is 6.38. The minimum atomic E-state index is -0.412. The van der Waals surface area contributed by atoms with Crippen molar-refractivity contribution in [3.05, 3.63) is 53.6 Å². The zero-order valence-corrected chi connectivity index (χ0v) is 24.2. The lowest BCUT2D eigenvalue weighted by Gasteiger charge is -2.34. The predicted octanol–water partition coefficient (Wildman–Crippen LogP) is 3.35. The van der Waals surface area contributed by atoms with Gasteiger partial charge in [-0.2, -0.15) is 5.10 Å². The lowest BCUT2D eigenvalue weighted by molar-refractivity contribution is -0.145. The molecule has 5 rings (SSSR count). The molecule has 41 heavy (non-hydrogen) atoms. The summed E-state index contributed by atoms with van der Waals surface area (Å²) in [7, 11) is 4.85. The number of benzene rings is 2. The molecule has 2 heterocycles.